The molecule has 1 aromatic rings. The number of carbonyl (C=O) groups is 1. The number of hydrogen-bond acceptors (Lipinski definition) is 4. The van der Waals surface area contributed by atoms with E-state index in [2.05, 4.69) is 16.3 Å². The third-order valence-electron chi connectivity index (χ3n) is 3.48. The molecule has 0 N–H and O–H groups in total. The Kier molecular flexibility index (Phi) is 5.67. The van der Waals surface area contributed by atoms with E-state index in [1.165, 1.54) is 4.88 Å². The second-order valence-corrected chi connectivity index (χ2v) is 6.32. The summed E-state index contributed by atoms with van der Waals surface area (Å²) < 4.78 is 5.07. The van der Waals surface area contributed by atoms with E-state index < -0.39 is 0 Å². The molecule has 1 aromatic heterocycles. The van der Waals surface area contributed by atoms with Gasteiger partial charge in [-0.1, -0.05) is 6.07 Å². The highest BCUT2D eigenvalue weighted by Gasteiger charge is 2.27. The summed E-state index contributed by atoms with van der Waals surface area (Å²) in [5.74, 6) is 0.0366. The Labute approximate surface area is 123 Å². The number of halogens is 1. The van der Waals surface area contributed by atoms with Gasteiger partial charge in [-0.2, -0.15) is 0 Å². The van der Waals surface area contributed by atoms with E-state index >= 15 is 0 Å². The number of carbonyl (C=O) groups excluding carboxylic acids is 1. The van der Waals surface area contributed by atoms with Crippen molar-refractivity contribution in [1.29, 1.82) is 0 Å². The van der Waals surface area contributed by atoms with Crippen LogP contribution in [0.15, 0.2) is 17.5 Å². The lowest BCUT2D eigenvalue weighted by molar-refractivity contribution is -0.149. The zero-order valence-electron chi connectivity index (χ0n) is 11.2. The summed E-state index contributed by atoms with van der Waals surface area (Å²) in [6, 6.07) is 4.11. The van der Waals surface area contributed by atoms with Crippen LogP contribution in [0, 0.1) is 5.92 Å². The summed E-state index contributed by atoms with van der Waals surface area (Å²) in [6.07, 6.45) is 1.76. The lowest BCUT2D eigenvalue weighted by Gasteiger charge is -2.31. The highest BCUT2D eigenvalue weighted by atomic mass is 35.5. The van der Waals surface area contributed by atoms with E-state index in [0.717, 1.165) is 32.5 Å². The second kappa shape index (κ2) is 7.27. The number of thiophene rings is 1. The first kappa shape index (κ1) is 14.8. The van der Waals surface area contributed by atoms with Crippen molar-refractivity contribution in [2.24, 2.45) is 5.92 Å². The van der Waals surface area contributed by atoms with Crippen LogP contribution in [0.3, 0.4) is 0 Å². The van der Waals surface area contributed by atoms with E-state index in [9.17, 15) is 4.79 Å². The molecule has 106 valence electrons. The molecule has 1 saturated heterocycles. The highest BCUT2D eigenvalue weighted by molar-refractivity contribution is 7.10. The van der Waals surface area contributed by atoms with Crippen molar-refractivity contribution >= 4 is 28.9 Å². The number of nitrogens with zero attached hydrogens (tertiary/aromatic N) is 1. The lowest BCUT2D eigenvalue weighted by Crippen LogP contribution is -2.38. The average molecular weight is 302 g/mol. The van der Waals surface area contributed by atoms with Crippen LogP contribution in [0.25, 0.3) is 0 Å². The molecule has 1 atom stereocenters. The fourth-order valence-electron chi connectivity index (χ4n) is 2.40. The smallest absolute Gasteiger partial charge is 0.309 e. The van der Waals surface area contributed by atoms with Crippen LogP contribution in [0.1, 0.15) is 30.0 Å². The number of rotatable bonds is 5. The van der Waals surface area contributed by atoms with Gasteiger partial charge in [0.25, 0.3) is 0 Å². The number of piperidine rings is 1. The molecule has 1 aliphatic heterocycles. The molecule has 0 spiro atoms. The summed E-state index contributed by atoms with van der Waals surface area (Å²) in [6.45, 7) is 5.04. The van der Waals surface area contributed by atoms with Crippen LogP contribution in [0.4, 0.5) is 0 Å². The molecule has 19 heavy (non-hydrogen) atoms. The van der Waals surface area contributed by atoms with E-state index in [0.29, 0.717) is 6.61 Å². The van der Waals surface area contributed by atoms with Crippen molar-refractivity contribution in [3.8, 4) is 0 Å². The number of esters is 1. The van der Waals surface area contributed by atoms with Crippen LogP contribution in [-0.4, -0.2) is 37.1 Å². The molecule has 1 unspecified atom stereocenters. The Hall–Kier alpha value is -0.580. The Bertz CT molecular complexity index is 388. The van der Waals surface area contributed by atoms with Gasteiger partial charge in [0.05, 0.1) is 17.9 Å². The monoisotopic (exact) mass is 301 g/mol. The van der Waals surface area contributed by atoms with Gasteiger partial charge in [0.15, 0.2) is 0 Å². The summed E-state index contributed by atoms with van der Waals surface area (Å²) in [5.41, 5.74) is 0. The van der Waals surface area contributed by atoms with Gasteiger partial charge in [0.1, 0.15) is 0 Å². The number of likely N-dealkylation sites (tertiary alicyclic amines) is 1. The Morgan fingerprint density at radius 3 is 2.89 bits per heavy atom. The first-order chi connectivity index (χ1) is 9.20. The van der Waals surface area contributed by atoms with Crippen molar-refractivity contribution in [2.75, 3.05) is 26.2 Å². The van der Waals surface area contributed by atoms with Gasteiger partial charge >= 0.3 is 5.97 Å². The molecule has 1 fully saturated rings. The molecular weight excluding hydrogens is 282 g/mol. The fourth-order valence-corrected chi connectivity index (χ4v) is 3.51. The van der Waals surface area contributed by atoms with Crippen molar-refractivity contribution in [3.05, 3.63) is 22.4 Å². The molecule has 0 bridgehead atoms. The highest BCUT2D eigenvalue weighted by Crippen LogP contribution is 2.28. The summed E-state index contributed by atoms with van der Waals surface area (Å²) >= 11 is 8.11. The minimum absolute atomic E-state index is 0.0390. The maximum absolute atomic E-state index is 11.6. The first-order valence-corrected chi connectivity index (χ1v) is 8.08. The Morgan fingerprint density at radius 1 is 1.58 bits per heavy atom. The SMILES string of the molecule is CCOC(=O)C1CCN(CC(Cl)c2cccs2)CC1. The van der Waals surface area contributed by atoms with Crippen LogP contribution in [-0.2, 0) is 9.53 Å². The molecule has 2 rings (SSSR count). The van der Waals surface area contributed by atoms with E-state index in [4.69, 9.17) is 16.3 Å². The topological polar surface area (TPSA) is 29.5 Å². The Morgan fingerprint density at radius 2 is 2.32 bits per heavy atom. The van der Waals surface area contributed by atoms with Gasteiger partial charge in [-0.3, -0.25) is 4.79 Å². The van der Waals surface area contributed by atoms with Gasteiger partial charge in [0, 0.05) is 11.4 Å². The number of hydrogen-bond donors (Lipinski definition) is 0. The molecule has 1 aliphatic rings. The zero-order valence-corrected chi connectivity index (χ0v) is 12.8. The van der Waals surface area contributed by atoms with E-state index in [1.54, 1.807) is 11.3 Å². The molecule has 0 amide bonds. The quantitative estimate of drug-likeness (QED) is 0.617. The molecule has 0 aliphatic carbocycles. The zero-order chi connectivity index (χ0) is 13.7. The van der Waals surface area contributed by atoms with Gasteiger partial charge in [-0.25, -0.2) is 0 Å². The normalized spacial score (nSPS) is 19.3. The van der Waals surface area contributed by atoms with E-state index in [1.807, 2.05) is 13.0 Å². The summed E-state index contributed by atoms with van der Waals surface area (Å²) in [7, 11) is 0. The maximum Gasteiger partial charge on any atom is 0.309 e. The summed E-state index contributed by atoms with van der Waals surface area (Å²) in [5, 5.41) is 2.11. The van der Waals surface area contributed by atoms with Crippen LogP contribution < -0.4 is 0 Å². The lowest BCUT2D eigenvalue weighted by atomic mass is 9.97. The van der Waals surface area contributed by atoms with Crippen LogP contribution in [0.5, 0.6) is 0 Å². The predicted octanol–water partition coefficient (Wildman–Crippen LogP) is 3.30. The Balaban J connectivity index is 1.76. The molecule has 3 nitrogen and oxygen atoms in total. The molecule has 0 radical (unpaired) electrons. The van der Waals surface area contributed by atoms with Gasteiger partial charge in [-0.15, -0.1) is 22.9 Å². The average Bonchev–Trinajstić information content (AvgIpc) is 2.94. The number of ether oxygens (including phenoxy) is 1. The van der Waals surface area contributed by atoms with Crippen molar-refractivity contribution in [3.63, 3.8) is 0 Å². The maximum atomic E-state index is 11.6. The minimum atomic E-state index is -0.0390. The largest absolute Gasteiger partial charge is 0.466 e. The standard InChI is InChI=1S/C14H20ClNO2S/c1-2-18-14(17)11-5-7-16(8-6-11)10-12(15)13-4-3-9-19-13/h3-4,9,11-12H,2,5-8,10H2,1H3. The van der Waals surface area contributed by atoms with Gasteiger partial charge < -0.3 is 9.64 Å². The number of alkyl halides is 1. The molecule has 5 heteroatoms. The third-order valence-corrected chi connectivity index (χ3v) is 4.97. The molecule has 0 saturated carbocycles. The van der Waals surface area contributed by atoms with E-state index in [-0.39, 0.29) is 17.3 Å². The third kappa shape index (κ3) is 4.20. The van der Waals surface area contributed by atoms with Crippen molar-refractivity contribution in [1.82, 2.24) is 4.90 Å². The van der Waals surface area contributed by atoms with Gasteiger partial charge in [0.2, 0.25) is 0 Å². The second-order valence-electron chi connectivity index (χ2n) is 4.81. The van der Waals surface area contributed by atoms with Crippen molar-refractivity contribution < 1.29 is 9.53 Å². The molecule has 2 heterocycles. The summed E-state index contributed by atoms with van der Waals surface area (Å²) in [4.78, 5) is 15.2. The predicted molar refractivity (Wildman–Crippen MR) is 78.7 cm³/mol. The van der Waals surface area contributed by atoms with Crippen LogP contribution >= 0.6 is 22.9 Å². The van der Waals surface area contributed by atoms with Crippen molar-refractivity contribution in [2.45, 2.75) is 25.1 Å². The molecule has 0 aromatic carbocycles. The first-order valence-electron chi connectivity index (χ1n) is 6.77. The minimum Gasteiger partial charge on any atom is -0.466 e. The fraction of sp³-hybridized carbons (Fsp3) is 0.643. The van der Waals surface area contributed by atoms with Crippen LogP contribution in [0.2, 0.25) is 0 Å². The van der Waals surface area contributed by atoms with Gasteiger partial charge in [-0.05, 0) is 44.3 Å². The molecular formula is C14H20ClNO2S.